The Labute approximate surface area is 321 Å². The SMILES string of the molecule is C=CC.COc1cc(NC(=O)CCN2CCC(OC(=O)Nc3ccsc3-c3ccccc3)CC2)c(Cl)cc1CNCCc1ccc(O)c2[nH]c(=O)sc12. The number of likely N-dealkylation sites (tertiary alicyclic amines) is 1. The van der Waals surface area contributed by atoms with Crippen LogP contribution >= 0.6 is 34.3 Å². The summed E-state index contributed by atoms with van der Waals surface area (Å²) in [4.78, 5) is 43.0. The lowest BCUT2D eigenvalue weighted by molar-refractivity contribution is -0.116. The molecule has 0 atom stereocenters. The van der Waals surface area contributed by atoms with Crippen LogP contribution in [0.15, 0.2) is 83.5 Å². The van der Waals surface area contributed by atoms with E-state index in [-0.39, 0.29) is 29.1 Å². The largest absolute Gasteiger partial charge is 0.506 e. The fourth-order valence-electron chi connectivity index (χ4n) is 5.97. The number of hydrogen-bond donors (Lipinski definition) is 5. The van der Waals surface area contributed by atoms with Gasteiger partial charge >= 0.3 is 11.0 Å². The zero-order valence-electron chi connectivity index (χ0n) is 29.7. The number of aromatic nitrogens is 1. The van der Waals surface area contributed by atoms with Gasteiger partial charge in [-0.15, -0.1) is 17.9 Å². The van der Waals surface area contributed by atoms with Crippen LogP contribution in [0.4, 0.5) is 16.2 Å². The van der Waals surface area contributed by atoms with Crippen molar-refractivity contribution in [2.75, 3.05) is 43.9 Å². The van der Waals surface area contributed by atoms with E-state index in [4.69, 9.17) is 21.1 Å². The minimum absolute atomic E-state index is 0.0581. The van der Waals surface area contributed by atoms with Crippen LogP contribution in [0.1, 0.15) is 37.3 Å². The molecule has 0 unspecified atom stereocenters. The zero-order valence-corrected chi connectivity index (χ0v) is 32.1. The molecule has 1 aliphatic rings. The summed E-state index contributed by atoms with van der Waals surface area (Å²) in [6, 6.07) is 18.7. The number of thiazole rings is 1. The number of carbonyl (C=O) groups is 2. The zero-order chi connectivity index (χ0) is 37.7. The highest BCUT2D eigenvalue weighted by Gasteiger charge is 2.24. The fourth-order valence-corrected chi connectivity index (χ4v) is 7.96. The van der Waals surface area contributed by atoms with E-state index in [1.807, 2.05) is 54.8 Å². The molecule has 6 rings (SSSR count). The maximum absolute atomic E-state index is 12.9. The number of phenolic OH excluding ortho intramolecular Hbond substituents is 1. The van der Waals surface area contributed by atoms with Gasteiger partial charge in [0.05, 0.1) is 33.1 Å². The summed E-state index contributed by atoms with van der Waals surface area (Å²) < 4.78 is 12.1. The second kappa shape index (κ2) is 19.4. The van der Waals surface area contributed by atoms with Gasteiger partial charge in [-0.25, -0.2) is 4.79 Å². The molecule has 3 heterocycles. The molecule has 11 nitrogen and oxygen atoms in total. The summed E-state index contributed by atoms with van der Waals surface area (Å²) in [5.74, 6) is 0.493. The quantitative estimate of drug-likeness (QED) is 0.0594. The molecule has 5 N–H and O–H groups in total. The summed E-state index contributed by atoms with van der Waals surface area (Å²) in [7, 11) is 1.57. The highest BCUT2D eigenvalue weighted by atomic mass is 35.5. The van der Waals surface area contributed by atoms with Crippen molar-refractivity contribution in [1.82, 2.24) is 15.2 Å². The topological polar surface area (TPSA) is 145 Å². The third-order valence-corrected chi connectivity index (χ3v) is 10.8. The third kappa shape index (κ3) is 10.9. The molecule has 53 heavy (non-hydrogen) atoms. The number of rotatable bonds is 13. The number of benzene rings is 3. The van der Waals surface area contributed by atoms with E-state index in [1.165, 1.54) is 0 Å². The molecule has 0 radical (unpaired) electrons. The standard InChI is InChI=1S/C36H38ClN5O6S2.C3H6/c1-47-30-20-28(26(37)19-24(30)21-38-14-9-23-7-8-29(43)32-34(23)50-36(46)41-32)39-31(44)12-17-42-15-10-25(11-16-42)48-35(45)40-27-13-18-49-33(27)22-5-3-2-4-6-22;1-3-2/h2-8,13,18-20,25,38,43H,9-12,14-17,21H2,1H3,(H,39,44)(H,40,45)(H,41,46);3H,1H2,2H3. The van der Waals surface area contributed by atoms with Crippen molar-refractivity contribution >= 4 is 67.9 Å². The van der Waals surface area contributed by atoms with Crippen LogP contribution in [-0.2, 0) is 22.5 Å². The van der Waals surface area contributed by atoms with Crippen LogP contribution in [-0.4, -0.2) is 66.4 Å². The molecule has 0 bridgehead atoms. The van der Waals surface area contributed by atoms with Gasteiger partial charge in [-0.3, -0.25) is 14.9 Å². The molecule has 1 fully saturated rings. The number of piperidine rings is 1. The Morgan fingerprint density at radius 2 is 1.83 bits per heavy atom. The summed E-state index contributed by atoms with van der Waals surface area (Å²) in [6.45, 7) is 8.36. The van der Waals surface area contributed by atoms with Gasteiger partial charge in [0.1, 0.15) is 23.1 Å². The number of nitrogens with one attached hydrogen (secondary N) is 4. The fraction of sp³-hybridized carbons (Fsp3) is 0.308. The van der Waals surface area contributed by atoms with E-state index >= 15 is 0 Å². The number of hydrogen-bond acceptors (Lipinski definition) is 10. The molecule has 5 aromatic rings. The molecule has 0 spiro atoms. The molecule has 3 aromatic carbocycles. The van der Waals surface area contributed by atoms with Gasteiger partial charge in [-0.2, -0.15) is 0 Å². The summed E-state index contributed by atoms with van der Waals surface area (Å²) in [5, 5.41) is 21.6. The van der Waals surface area contributed by atoms with Crippen molar-refractivity contribution in [3.8, 4) is 21.9 Å². The van der Waals surface area contributed by atoms with Crippen LogP contribution in [0.25, 0.3) is 20.7 Å². The van der Waals surface area contributed by atoms with Gasteiger partial charge in [0.2, 0.25) is 5.91 Å². The minimum atomic E-state index is -0.458. The van der Waals surface area contributed by atoms with E-state index in [0.717, 1.165) is 56.4 Å². The van der Waals surface area contributed by atoms with E-state index in [0.29, 0.717) is 60.9 Å². The molecular formula is C39H44ClN5O6S2. The van der Waals surface area contributed by atoms with Crippen LogP contribution in [0.3, 0.4) is 0 Å². The highest BCUT2D eigenvalue weighted by molar-refractivity contribution is 7.16. The Kier molecular flexibility index (Phi) is 14.5. The number of carbonyl (C=O) groups excluding carboxylic acids is 2. The normalized spacial score (nSPS) is 13.2. The number of phenols is 1. The first-order valence-corrected chi connectivity index (χ1v) is 19.4. The molecule has 1 aliphatic heterocycles. The maximum atomic E-state index is 12.9. The van der Waals surface area contributed by atoms with Crippen molar-refractivity contribution in [3.05, 3.63) is 105 Å². The number of amides is 2. The van der Waals surface area contributed by atoms with Gasteiger partial charge in [-0.1, -0.05) is 65.4 Å². The average molecular weight is 778 g/mol. The number of H-pyrrole nitrogens is 1. The van der Waals surface area contributed by atoms with Crippen LogP contribution in [0, 0.1) is 0 Å². The van der Waals surface area contributed by atoms with Gasteiger partial charge in [0.15, 0.2) is 0 Å². The second-order valence-corrected chi connectivity index (χ2v) is 14.6. The van der Waals surface area contributed by atoms with Gasteiger partial charge in [0, 0.05) is 44.2 Å². The molecule has 0 aliphatic carbocycles. The van der Waals surface area contributed by atoms with E-state index < -0.39 is 6.09 Å². The predicted molar refractivity (Wildman–Crippen MR) is 216 cm³/mol. The van der Waals surface area contributed by atoms with Crippen molar-refractivity contribution in [1.29, 1.82) is 0 Å². The Morgan fingerprint density at radius 1 is 1.08 bits per heavy atom. The Balaban J connectivity index is 0.00000175. The van der Waals surface area contributed by atoms with Crippen LogP contribution < -0.4 is 25.6 Å². The molecule has 2 aromatic heterocycles. The number of aromatic amines is 1. The first kappa shape index (κ1) is 39.5. The second-order valence-electron chi connectivity index (χ2n) is 12.3. The number of nitrogens with zero attached hydrogens (tertiary/aromatic N) is 1. The van der Waals surface area contributed by atoms with Gasteiger partial charge < -0.3 is 35.1 Å². The van der Waals surface area contributed by atoms with Crippen molar-refractivity contribution in [2.24, 2.45) is 0 Å². The summed E-state index contributed by atoms with van der Waals surface area (Å²) in [6.07, 6.45) is 3.43. The summed E-state index contributed by atoms with van der Waals surface area (Å²) >= 11 is 9.23. The number of anilines is 2. The Morgan fingerprint density at radius 3 is 2.57 bits per heavy atom. The number of aromatic hydroxyl groups is 1. The lowest BCUT2D eigenvalue weighted by Crippen LogP contribution is -2.39. The molecule has 14 heteroatoms. The van der Waals surface area contributed by atoms with Crippen molar-refractivity contribution < 1.29 is 24.2 Å². The Hall–Kier alpha value is -4.66. The molecule has 2 amide bonds. The smallest absolute Gasteiger partial charge is 0.411 e. The van der Waals surface area contributed by atoms with Crippen LogP contribution in [0.5, 0.6) is 11.5 Å². The number of thiophene rings is 1. The number of allylic oxidation sites excluding steroid dienone is 1. The lowest BCUT2D eigenvalue weighted by atomic mass is 10.1. The van der Waals surface area contributed by atoms with Crippen molar-refractivity contribution in [2.45, 2.75) is 45.3 Å². The molecular weight excluding hydrogens is 734 g/mol. The van der Waals surface area contributed by atoms with E-state index in [1.54, 1.807) is 42.7 Å². The first-order chi connectivity index (χ1) is 25.7. The molecule has 1 saturated heterocycles. The first-order valence-electron chi connectivity index (χ1n) is 17.3. The van der Waals surface area contributed by atoms with E-state index in [2.05, 4.69) is 32.4 Å². The Bertz CT molecular complexity index is 2060. The monoisotopic (exact) mass is 777 g/mol. The molecule has 0 saturated carbocycles. The number of ether oxygens (including phenoxy) is 2. The number of methoxy groups -OCH3 is 1. The van der Waals surface area contributed by atoms with Crippen LogP contribution in [0.2, 0.25) is 5.02 Å². The number of fused-ring (bicyclic) bond motifs is 1. The van der Waals surface area contributed by atoms with Crippen molar-refractivity contribution in [3.63, 3.8) is 0 Å². The highest BCUT2D eigenvalue weighted by Crippen LogP contribution is 2.34. The summed E-state index contributed by atoms with van der Waals surface area (Å²) in [5.41, 5.74) is 4.52. The van der Waals surface area contributed by atoms with Gasteiger partial charge in [-0.05, 0) is 67.4 Å². The van der Waals surface area contributed by atoms with Gasteiger partial charge in [0.25, 0.3) is 0 Å². The van der Waals surface area contributed by atoms with E-state index in [9.17, 15) is 19.5 Å². The maximum Gasteiger partial charge on any atom is 0.411 e. The lowest BCUT2D eigenvalue weighted by Gasteiger charge is -2.31. The minimum Gasteiger partial charge on any atom is -0.506 e. The average Bonchev–Trinajstić information content (AvgIpc) is 3.79. The predicted octanol–water partition coefficient (Wildman–Crippen LogP) is 8.25. The molecule has 280 valence electrons. The third-order valence-electron chi connectivity index (χ3n) is 8.57. The number of halogens is 1.